The summed E-state index contributed by atoms with van der Waals surface area (Å²) in [5, 5.41) is 5.88. The molecule has 7 heteroatoms. The molecular weight excluding hydrogens is 352 g/mol. The SMILES string of the molecule is O=C(Nc1cc(N2CCN(Cc3ccccc3)CC2)ncn1)NC1CCCC1. The van der Waals surface area contributed by atoms with Crippen molar-refractivity contribution in [2.75, 3.05) is 36.4 Å². The largest absolute Gasteiger partial charge is 0.354 e. The van der Waals surface area contributed by atoms with Crippen molar-refractivity contribution in [2.24, 2.45) is 0 Å². The molecule has 2 aliphatic rings. The zero-order valence-electron chi connectivity index (χ0n) is 16.2. The summed E-state index contributed by atoms with van der Waals surface area (Å²) < 4.78 is 0. The van der Waals surface area contributed by atoms with Crippen LogP contribution in [0.3, 0.4) is 0 Å². The molecular formula is C21H28N6O. The summed E-state index contributed by atoms with van der Waals surface area (Å²) in [7, 11) is 0. The molecule has 2 heterocycles. The summed E-state index contributed by atoms with van der Waals surface area (Å²) in [6.07, 6.45) is 6.04. The minimum Gasteiger partial charge on any atom is -0.354 e. The summed E-state index contributed by atoms with van der Waals surface area (Å²) in [6.45, 7) is 4.79. The highest BCUT2D eigenvalue weighted by Gasteiger charge is 2.20. The Morgan fingerprint density at radius 1 is 1.04 bits per heavy atom. The molecule has 28 heavy (non-hydrogen) atoms. The monoisotopic (exact) mass is 380 g/mol. The number of amides is 2. The lowest BCUT2D eigenvalue weighted by atomic mass is 10.2. The fraction of sp³-hybridized carbons (Fsp3) is 0.476. The van der Waals surface area contributed by atoms with E-state index in [0.717, 1.165) is 51.4 Å². The molecule has 0 radical (unpaired) electrons. The van der Waals surface area contributed by atoms with E-state index in [-0.39, 0.29) is 6.03 Å². The smallest absolute Gasteiger partial charge is 0.320 e. The van der Waals surface area contributed by atoms with Crippen molar-refractivity contribution in [1.29, 1.82) is 0 Å². The number of piperazine rings is 1. The number of hydrogen-bond donors (Lipinski definition) is 2. The first kappa shape index (κ1) is 18.7. The molecule has 4 rings (SSSR count). The van der Waals surface area contributed by atoms with Gasteiger partial charge >= 0.3 is 6.03 Å². The van der Waals surface area contributed by atoms with Crippen LogP contribution in [0, 0.1) is 0 Å². The lowest BCUT2D eigenvalue weighted by molar-refractivity contribution is 0.248. The molecule has 1 aliphatic heterocycles. The van der Waals surface area contributed by atoms with E-state index in [1.54, 1.807) is 0 Å². The fourth-order valence-electron chi connectivity index (χ4n) is 3.97. The maximum absolute atomic E-state index is 12.2. The van der Waals surface area contributed by atoms with Gasteiger partial charge < -0.3 is 10.2 Å². The highest BCUT2D eigenvalue weighted by atomic mass is 16.2. The molecule has 148 valence electrons. The van der Waals surface area contributed by atoms with E-state index in [2.05, 4.69) is 60.7 Å². The molecule has 1 saturated heterocycles. The van der Waals surface area contributed by atoms with Gasteiger partial charge in [-0.05, 0) is 18.4 Å². The molecule has 2 fully saturated rings. The Hall–Kier alpha value is -2.67. The molecule has 0 atom stereocenters. The average Bonchev–Trinajstić information content (AvgIpc) is 3.22. The van der Waals surface area contributed by atoms with Gasteiger partial charge in [0.2, 0.25) is 0 Å². The quantitative estimate of drug-likeness (QED) is 0.834. The first-order chi connectivity index (χ1) is 13.8. The molecule has 2 amide bonds. The van der Waals surface area contributed by atoms with Gasteiger partial charge in [-0.2, -0.15) is 0 Å². The number of benzene rings is 1. The fourth-order valence-corrected chi connectivity index (χ4v) is 3.97. The molecule has 0 spiro atoms. The summed E-state index contributed by atoms with van der Waals surface area (Å²) in [6, 6.07) is 12.5. The van der Waals surface area contributed by atoms with Crippen LogP contribution in [-0.4, -0.2) is 53.1 Å². The minimum absolute atomic E-state index is 0.177. The second kappa shape index (κ2) is 9.01. The number of hydrogen-bond acceptors (Lipinski definition) is 5. The summed E-state index contributed by atoms with van der Waals surface area (Å²) >= 11 is 0. The van der Waals surface area contributed by atoms with E-state index in [0.29, 0.717) is 11.9 Å². The van der Waals surface area contributed by atoms with Crippen molar-refractivity contribution < 1.29 is 4.79 Å². The van der Waals surface area contributed by atoms with Crippen molar-refractivity contribution >= 4 is 17.7 Å². The molecule has 1 saturated carbocycles. The van der Waals surface area contributed by atoms with Crippen molar-refractivity contribution in [3.63, 3.8) is 0 Å². The predicted octanol–water partition coefficient (Wildman–Crippen LogP) is 2.86. The van der Waals surface area contributed by atoms with Crippen LogP contribution >= 0.6 is 0 Å². The van der Waals surface area contributed by atoms with E-state index in [4.69, 9.17) is 0 Å². The van der Waals surface area contributed by atoms with Gasteiger partial charge in [0.15, 0.2) is 0 Å². The Morgan fingerprint density at radius 3 is 2.54 bits per heavy atom. The van der Waals surface area contributed by atoms with Gasteiger partial charge in [-0.3, -0.25) is 10.2 Å². The van der Waals surface area contributed by atoms with Gasteiger partial charge in [-0.15, -0.1) is 0 Å². The zero-order chi connectivity index (χ0) is 19.2. The number of aromatic nitrogens is 2. The molecule has 0 unspecified atom stereocenters. The van der Waals surface area contributed by atoms with Gasteiger partial charge in [0.1, 0.15) is 18.0 Å². The Kier molecular flexibility index (Phi) is 6.01. The van der Waals surface area contributed by atoms with Crippen LogP contribution in [0.1, 0.15) is 31.2 Å². The molecule has 1 aliphatic carbocycles. The van der Waals surface area contributed by atoms with Crippen LogP contribution in [0.4, 0.5) is 16.4 Å². The maximum Gasteiger partial charge on any atom is 0.320 e. The Balaban J connectivity index is 1.29. The highest BCUT2D eigenvalue weighted by Crippen LogP contribution is 2.19. The molecule has 2 N–H and O–H groups in total. The molecule has 1 aromatic heterocycles. The van der Waals surface area contributed by atoms with E-state index in [1.807, 2.05) is 6.07 Å². The van der Waals surface area contributed by atoms with E-state index >= 15 is 0 Å². The van der Waals surface area contributed by atoms with Crippen LogP contribution in [0.15, 0.2) is 42.7 Å². The van der Waals surface area contributed by atoms with Crippen molar-refractivity contribution in [3.8, 4) is 0 Å². The van der Waals surface area contributed by atoms with Crippen molar-refractivity contribution in [2.45, 2.75) is 38.3 Å². The number of anilines is 2. The van der Waals surface area contributed by atoms with Crippen molar-refractivity contribution in [1.82, 2.24) is 20.2 Å². The van der Waals surface area contributed by atoms with E-state index < -0.39 is 0 Å². The Morgan fingerprint density at radius 2 is 1.79 bits per heavy atom. The van der Waals surface area contributed by atoms with Crippen LogP contribution in [0.25, 0.3) is 0 Å². The van der Waals surface area contributed by atoms with Crippen LogP contribution < -0.4 is 15.5 Å². The number of urea groups is 1. The second-order valence-electron chi connectivity index (χ2n) is 7.59. The second-order valence-corrected chi connectivity index (χ2v) is 7.59. The average molecular weight is 380 g/mol. The summed E-state index contributed by atoms with van der Waals surface area (Å²) in [5.74, 6) is 1.41. The Bertz CT molecular complexity index is 769. The summed E-state index contributed by atoms with van der Waals surface area (Å²) in [4.78, 5) is 25.5. The van der Waals surface area contributed by atoms with E-state index in [1.165, 1.54) is 24.7 Å². The van der Waals surface area contributed by atoms with Gasteiger partial charge in [0.25, 0.3) is 0 Å². The number of carbonyl (C=O) groups is 1. The normalized spacial score (nSPS) is 18.2. The van der Waals surface area contributed by atoms with Gasteiger partial charge in [-0.25, -0.2) is 14.8 Å². The Labute approximate surface area is 166 Å². The number of rotatable bonds is 5. The third-order valence-corrected chi connectivity index (χ3v) is 5.53. The number of nitrogens with one attached hydrogen (secondary N) is 2. The topological polar surface area (TPSA) is 73.4 Å². The van der Waals surface area contributed by atoms with Crippen LogP contribution in [-0.2, 0) is 6.54 Å². The minimum atomic E-state index is -0.177. The van der Waals surface area contributed by atoms with Crippen molar-refractivity contribution in [3.05, 3.63) is 48.3 Å². The third kappa shape index (κ3) is 4.98. The highest BCUT2D eigenvalue weighted by molar-refractivity contribution is 5.88. The lowest BCUT2D eigenvalue weighted by Gasteiger charge is -2.35. The predicted molar refractivity (Wildman–Crippen MR) is 110 cm³/mol. The van der Waals surface area contributed by atoms with Gasteiger partial charge in [0, 0.05) is 44.8 Å². The number of carbonyl (C=O) groups excluding carboxylic acids is 1. The number of nitrogens with zero attached hydrogens (tertiary/aromatic N) is 4. The zero-order valence-corrected chi connectivity index (χ0v) is 16.2. The molecule has 1 aromatic carbocycles. The summed E-state index contributed by atoms with van der Waals surface area (Å²) in [5.41, 5.74) is 1.35. The van der Waals surface area contributed by atoms with Crippen LogP contribution in [0.5, 0.6) is 0 Å². The van der Waals surface area contributed by atoms with E-state index in [9.17, 15) is 4.79 Å². The maximum atomic E-state index is 12.2. The van der Waals surface area contributed by atoms with Crippen LogP contribution in [0.2, 0.25) is 0 Å². The lowest BCUT2D eigenvalue weighted by Crippen LogP contribution is -2.46. The van der Waals surface area contributed by atoms with Gasteiger partial charge in [0.05, 0.1) is 0 Å². The third-order valence-electron chi connectivity index (χ3n) is 5.53. The first-order valence-electron chi connectivity index (χ1n) is 10.2. The molecule has 0 bridgehead atoms. The molecule has 2 aromatic rings. The molecule has 7 nitrogen and oxygen atoms in total. The first-order valence-corrected chi connectivity index (χ1v) is 10.2. The standard InChI is InChI=1S/C21H28N6O/c28-21(24-18-8-4-5-9-18)25-19-14-20(23-16-22-19)27-12-10-26(11-13-27)15-17-6-2-1-3-7-17/h1-3,6-7,14,16,18H,4-5,8-13,15H2,(H2,22,23,24,25,28). The van der Waals surface area contributed by atoms with Gasteiger partial charge in [-0.1, -0.05) is 43.2 Å².